The van der Waals surface area contributed by atoms with Crippen LogP contribution in [0.2, 0.25) is 0 Å². The Bertz CT molecular complexity index is 501. The maximum absolute atomic E-state index is 12.6. The van der Waals surface area contributed by atoms with Crippen LogP contribution in [-0.4, -0.2) is 5.78 Å². The van der Waals surface area contributed by atoms with Gasteiger partial charge in [-0.05, 0) is 29.9 Å². The molecular formula is C18H18O. The molecule has 1 fully saturated rings. The minimum atomic E-state index is -0.0944. The molecule has 1 aliphatic carbocycles. The molecule has 0 radical (unpaired) electrons. The molecule has 96 valence electrons. The molecule has 2 aromatic rings. The highest BCUT2D eigenvalue weighted by atomic mass is 16.1. The number of Topliss-reactive ketones (excluding diaryl/α,β-unsaturated/α-hetero) is 1. The Kier molecular flexibility index (Phi) is 3.45. The molecule has 0 unspecified atom stereocenters. The molecule has 0 bridgehead atoms. The van der Waals surface area contributed by atoms with Gasteiger partial charge in [-0.1, -0.05) is 60.7 Å². The van der Waals surface area contributed by atoms with E-state index in [1.165, 1.54) is 12.8 Å². The normalized spacial score (nSPS) is 14.6. The lowest BCUT2D eigenvalue weighted by molar-refractivity contribution is -0.120. The second-order valence-corrected chi connectivity index (χ2v) is 5.37. The molecule has 0 N–H and O–H groups in total. The van der Waals surface area contributed by atoms with Crippen LogP contribution in [-0.2, 0) is 4.79 Å². The molecule has 3 rings (SSSR count). The van der Waals surface area contributed by atoms with Crippen molar-refractivity contribution >= 4 is 5.78 Å². The molecule has 0 saturated heterocycles. The molecule has 1 heteroatoms. The molecule has 0 aliphatic heterocycles. The highest BCUT2D eigenvalue weighted by Crippen LogP contribution is 2.36. The Morgan fingerprint density at radius 3 is 1.79 bits per heavy atom. The fourth-order valence-electron chi connectivity index (χ4n) is 2.58. The van der Waals surface area contributed by atoms with Crippen LogP contribution in [0.1, 0.15) is 36.3 Å². The van der Waals surface area contributed by atoms with Crippen LogP contribution in [0.4, 0.5) is 0 Å². The third-order valence-electron chi connectivity index (χ3n) is 3.77. The number of ketones is 1. The van der Waals surface area contributed by atoms with Gasteiger partial charge in [0.25, 0.3) is 0 Å². The van der Waals surface area contributed by atoms with E-state index in [9.17, 15) is 4.79 Å². The first-order valence-corrected chi connectivity index (χ1v) is 6.97. The molecule has 0 heterocycles. The van der Waals surface area contributed by atoms with Gasteiger partial charge in [-0.2, -0.15) is 0 Å². The monoisotopic (exact) mass is 250 g/mol. The summed E-state index contributed by atoms with van der Waals surface area (Å²) in [5.74, 6) is 0.908. The smallest absolute Gasteiger partial charge is 0.145 e. The van der Waals surface area contributed by atoms with Crippen molar-refractivity contribution in [2.45, 2.75) is 25.2 Å². The number of hydrogen-bond acceptors (Lipinski definition) is 1. The van der Waals surface area contributed by atoms with Gasteiger partial charge in [-0.25, -0.2) is 0 Å². The zero-order valence-corrected chi connectivity index (χ0v) is 11.0. The number of hydrogen-bond donors (Lipinski definition) is 0. The van der Waals surface area contributed by atoms with E-state index in [2.05, 4.69) is 24.3 Å². The summed E-state index contributed by atoms with van der Waals surface area (Å²) in [6, 6.07) is 20.3. The van der Waals surface area contributed by atoms with Gasteiger partial charge in [0.05, 0.1) is 5.92 Å². The van der Waals surface area contributed by atoms with Gasteiger partial charge in [-0.3, -0.25) is 4.79 Å². The third-order valence-corrected chi connectivity index (χ3v) is 3.77. The minimum Gasteiger partial charge on any atom is -0.299 e. The highest BCUT2D eigenvalue weighted by Gasteiger charge is 2.29. The van der Waals surface area contributed by atoms with Crippen LogP contribution in [0, 0.1) is 5.92 Å². The second kappa shape index (κ2) is 5.40. The van der Waals surface area contributed by atoms with Crippen LogP contribution in [0.15, 0.2) is 60.7 Å². The van der Waals surface area contributed by atoms with Gasteiger partial charge in [0.1, 0.15) is 5.78 Å². The summed E-state index contributed by atoms with van der Waals surface area (Å²) in [6.45, 7) is 0. The van der Waals surface area contributed by atoms with E-state index in [4.69, 9.17) is 0 Å². The van der Waals surface area contributed by atoms with E-state index in [1.54, 1.807) is 0 Å². The summed E-state index contributed by atoms with van der Waals surface area (Å²) in [7, 11) is 0. The molecule has 19 heavy (non-hydrogen) atoms. The Balaban J connectivity index is 1.93. The Morgan fingerprint density at radius 1 is 0.895 bits per heavy atom. The lowest BCUT2D eigenvalue weighted by Gasteiger charge is -2.16. The van der Waals surface area contributed by atoms with E-state index in [0.717, 1.165) is 17.5 Å². The number of carbonyl (C=O) groups is 1. The minimum absolute atomic E-state index is 0.0944. The first kappa shape index (κ1) is 12.2. The zero-order chi connectivity index (χ0) is 13.1. The highest BCUT2D eigenvalue weighted by molar-refractivity contribution is 5.89. The Labute approximate surface area is 114 Å². The topological polar surface area (TPSA) is 17.1 Å². The Morgan fingerprint density at radius 2 is 1.37 bits per heavy atom. The van der Waals surface area contributed by atoms with E-state index < -0.39 is 0 Å². The summed E-state index contributed by atoms with van der Waals surface area (Å²) in [4.78, 5) is 12.6. The third kappa shape index (κ3) is 2.93. The zero-order valence-electron chi connectivity index (χ0n) is 11.0. The predicted molar refractivity (Wildman–Crippen MR) is 77.1 cm³/mol. The lowest BCUT2D eigenvalue weighted by atomic mass is 9.86. The molecule has 0 amide bonds. The number of rotatable bonds is 5. The average molecular weight is 250 g/mol. The largest absolute Gasteiger partial charge is 0.299 e. The summed E-state index contributed by atoms with van der Waals surface area (Å²) in [6.07, 6.45) is 3.18. The lowest BCUT2D eigenvalue weighted by Crippen LogP contribution is -2.14. The SMILES string of the molecule is O=C(CC1CC1)C(c1ccccc1)c1ccccc1. The summed E-state index contributed by atoms with van der Waals surface area (Å²) in [5, 5.41) is 0. The van der Waals surface area contributed by atoms with E-state index in [-0.39, 0.29) is 5.92 Å². The standard InChI is InChI=1S/C18H18O/c19-17(13-14-11-12-14)18(15-7-3-1-4-8-15)16-9-5-2-6-10-16/h1-10,14,18H,11-13H2. The van der Waals surface area contributed by atoms with Crippen molar-refractivity contribution in [3.63, 3.8) is 0 Å². The van der Waals surface area contributed by atoms with Gasteiger partial charge < -0.3 is 0 Å². The quantitative estimate of drug-likeness (QED) is 0.777. The Hall–Kier alpha value is -1.89. The number of carbonyl (C=O) groups excluding carboxylic acids is 1. The van der Waals surface area contributed by atoms with Crippen LogP contribution in [0.3, 0.4) is 0 Å². The van der Waals surface area contributed by atoms with Crippen LogP contribution in [0.5, 0.6) is 0 Å². The first-order chi connectivity index (χ1) is 9.34. The van der Waals surface area contributed by atoms with Crippen molar-refractivity contribution in [2.24, 2.45) is 5.92 Å². The number of benzene rings is 2. The van der Waals surface area contributed by atoms with Gasteiger partial charge in [0.15, 0.2) is 0 Å². The summed E-state index contributed by atoms with van der Waals surface area (Å²) < 4.78 is 0. The van der Waals surface area contributed by atoms with Crippen LogP contribution in [0.25, 0.3) is 0 Å². The fourth-order valence-corrected chi connectivity index (χ4v) is 2.58. The molecule has 1 saturated carbocycles. The molecule has 2 aromatic carbocycles. The van der Waals surface area contributed by atoms with Crippen LogP contribution >= 0.6 is 0 Å². The van der Waals surface area contributed by atoms with Gasteiger partial charge >= 0.3 is 0 Å². The van der Waals surface area contributed by atoms with Crippen LogP contribution < -0.4 is 0 Å². The molecule has 1 aliphatic rings. The second-order valence-electron chi connectivity index (χ2n) is 5.37. The first-order valence-electron chi connectivity index (χ1n) is 6.97. The molecular weight excluding hydrogens is 232 g/mol. The fraction of sp³-hybridized carbons (Fsp3) is 0.278. The average Bonchev–Trinajstić information content (AvgIpc) is 3.25. The predicted octanol–water partition coefficient (Wildman–Crippen LogP) is 4.19. The van der Waals surface area contributed by atoms with Gasteiger partial charge in [0, 0.05) is 6.42 Å². The summed E-state index contributed by atoms with van der Waals surface area (Å²) >= 11 is 0. The van der Waals surface area contributed by atoms with Crippen molar-refractivity contribution in [3.8, 4) is 0 Å². The van der Waals surface area contributed by atoms with Crippen molar-refractivity contribution in [1.29, 1.82) is 0 Å². The van der Waals surface area contributed by atoms with Crippen molar-refractivity contribution in [3.05, 3.63) is 71.8 Å². The van der Waals surface area contributed by atoms with Gasteiger partial charge in [-0.15, -0.1) is 0 Å². The maximum Gasteiger partial charge on any atom is 0.145 e. The molecule has 0 spiro atoms. The summed E-state index contributed by atoms with van der Waals surface area (Å²) in [5.41, 5.74) is 2.22. The van der Waals surface area contributed by atoms with Crippen molar-refractivity contribution < 1.29 is 4.79 Å². The van der Waals surface area contributed by atoms with Crippen molar-refractivity contribution in [1.82, 2.24) is 0 Å². The van der Waals surface area contributed by atoms with E-state index >= 15 is 0 Å². The van der Waals surface area contributed by atoms with Gasteiger partial charge in [0.2, 0.25) is 0 Å². The molecule has 0 atom stereocenters. The van der Waals surface area contributed by atoms with Crippen molar-refractivity contribution in [2.75, 3.05) is 0 Å². The molecule has 1 nitrogen and oxygen atoms in total. The van der Waals surface area contributed by atoms with E-state index in [1.807, 2.05) is 36.4 Å². The molecule has 0 aromatic heterocycles. The maximum atomic E-state index is 12.6. The van der Waals surface area contributed by atoms with E-state index in [0.29, 0.717) is 11.7 Å².